The van der Waals surface area contributed by atoms with Crippen molar-refractivity contribution in [2.45, 2.75) is 54.0 Å². The van der Waals surface area contributed by atoms with Crippen molar-refractivity contribution in [3.8, 4) is 17.2 Å². The highest BCUT2D eigenvalue weighted by Gasteiger charge is 2.32. The summed E-state index contributed by atoms with van der Waals surface area (Å²) in [5, 5.41) is 0. The number of rotatable bonds is 8. The normalized spacial score (nSPS) is 13.1. The van der Waals surface area contributed by atoms with Crippen molar-refractivity contribution in [2.24, 2.45) is 5.92 Å². The van der Waals surface area contributed by atoms with Crippen molar-refractivity contribution in [3.63, 3.8) is 0 Å². The third-order valence-corrected chi connectivity index (χ3v) is 4.76. The summed E-state index contributed by atoms with van der Waals surface area (Å²) in [7, 11) is 0. The van der Waals surface area contributed by atoms with Gasteiger partial charge in [0.2, 0.25) is 0 Å². The molecule has 180 valence electrons. The van der Waals surface area contributed by atoms with Gasteiger partial charge in [0.05, 0.1) is 12.2 Å². The standard InChI is InChI=1S/C23H26F3NO6/c1-12(11-30-18-7-9-19(10-8-18)33-23(24,25)26)21(31-16(5)28)20-15(4)27-14(3)13(2)22(20)32-17(6)29/h7-10,12,21H,11H2,1-6H3. The first-order valence-corrected chi connectivity index (χ1v) is 10.1. The summed E-state index contributed by atoms with van der Waals surface area (Å²) in [4.78, 5) is 28.1. The number of aromatic nitrogens is 1. The van der Waals surface area contributed by atoms with Crippen LogP contribution in [0.2, 0.25) is 0 Å². The van der Waals surface area contributed by atoms with Gasteiger partial charge in [0.15, 0.2) is 0 Å². The van der Waals surface area contributed by atoms with E-state index in [4.69, 9.17) is 14.2 Å². The van der Waals surface area contributed by atoms with Crippen LogP contribution in [-0.2, 0) is 14.3 Å². The average Bonchev–Trinajstić information content (AvgIpc) is 2.68. The molecule has 2 atom stereocenters. The Hall–Kier alpha value is -3.30. The molecule has 2 aromatic rings. The van der Waals surface area contributed by atoms with E-state index in [0.29, 0.717) is 28.3 Å². The topological polar surface area (TPSA) is 84.0 Å². The second-order valence-electron chi connectivity index (χ2n) is 7.58. The summed E-state index contributed by atoms with van der Waals surface area (Å²) in [5.74, 6) is -1.31. The molecule has 0 saturated carbocycles. The Morgan fingerprint density at radius 3 is 2.06 bits per heavy atom. The van der Waals surface area contributed by atoms with Crippen LogP contribution in [-0.4, -0.2) is 29.9 Å². The number of hydrogen-bond donors (Lipinski definition) is 0. The maximum absolute atomic E-state index is 12.3. The molecule has 0 bridgehead atoms. The number of esters is 2. The average molecular weight is 469 g/mol. The van der Waals surface area contributed by atoms with Crippen LogP contribution < -0.4 is 14.2 Å². The molecular weight excluding hydrogens is 443 g/mol. The molecule has 0 aliphatic heterocycles. The maximum atomic E-state index is 12.3. The zero-order valence-corrected chi connectivity index (χ0v) is 19.2. The number of halogens is 3. The minimum atomic E-state index is -4.79. The zero-order valence-electron chi connectivity index (χ0n) is 19.2. The Kier molecular flexibility index (Phi) is 8.29. The third-order valence-electron chi connectivity index (χ3n) is 4.76. The predicted octanol–water partition coefficient (Wildman–Crippen LogP) is 5.15. The van der Waals surface area contributed by atoms with Gasteiger partial charge in [-0.25, -0.2) is 0 Å². The van der Waals surface area contributed by atoms with E-state index in [0.717, 1.165) is 12.1 Å². The molecule has 1 heterocycles. The minimum absolute atomic E-state index is 0.0449. The van der Waals surface area contributed by atoms with Crippen molar-refractivity contribution < 1.29 is 41.7 Å². The first kappa shape index (κ1) is 26.0. The Morgan fingerprint density at radius 2 is 1.55 bits per heavy atom. The first-order valence-electron chi connectivity index (χ1n) is 10.1. The van der Waals surface area contributed by atoms with E-state index in [1.165, 1.54) is 26.0 Å². The molecule has 10 heteroatoms. The molecule has 0 spiro atoms. The molecule has 7 nitrogen and oxygen atoms in total. The van der Waals surface area contributed by atoms with Gasteiger partial charge >= 0.3 is 18.3 Å². The summed E-state index contributed by atoms with van der Waals surface area (Å²) in [6.07, 6.45) is -5.64. The van der Waals surface area contributed by atoms with Gasteiger partial charge in [0, 0.05) is 36.7 Å². The number of hydrogen-bond acceptors (Lipinski definition) is 7. The SMILES string of the molecule is CC(=O)Oc1c(C)c(C)nc(C)c1C(OC(C)=O)C(C)COc1ccc(OC(F)(F)F)cc1. The largest absolute Gasteiger partial charge is 0.573 e. The van der Waals surface area contributed by atoms with Crippen LogP contribution >= 0.6 is 0 Å². The van der Waals surface area contributed by atoms with Gasteiger partial charge in [-0.05, 0) is 45.0 Å². The molecule has 0 amide bonds. The lowest BCUT2D eigenvalue weighted by Gasteiger charge is -2.28. The first-order chi connectivity index (χ1) is 15.3. The molecule has 0 radical (unpaired) electrons. The number of carbonyl (C=O) groups excluding carboxylic acids is 2. The van der Waals surface area contributed by atoms with Crippen LogP contribution in [0.15, 0.2) is 24.3 Å². The monoisotopic (exact) mass is 469 g/mol. The lowest BCUT2D eigenvalue weighted by Crippen LogP contribution is -2.24. The molecular formula is C23H26F3NO6. The maximum Gasteiger partial charge on any atom is 0.573 e. The number of carbonyl (C=O) groups is 2. The van der Waals surface area contributed by atoms with Gasteiger partial charge in [-0.3, -0.25) is 14.6 Å². The van der Waals surface area contributed by atoms with Gasteiger partial charge < -0.3 is 18.9 Å². The molecule has 0 fully saturated rings. The highest BCUT2D eigenvalue weighted by molar-refractivity contribution is 5.71. The molecule has 0 aliphatic carbocycles. The lowest BCUT2D eigenvalue weighted by atomic mass is 9.93. The molecule has 2 rings (SSSR count). The van der Waals surface area contributed by atoms with Crippen LogP contribution in [0.5, 0.6) is 17.2 Å². The van der Waals surface area contributed by atoms with Crippen molar-refractivity contribution in [1.29, 1.82) is 0 Å². The molecule has 0 N–H and O–H groups in total. The van der Waals surface area contributed by atoms with E-state index < -0.39 is 30.3 Å². The van der Waals surface area contributed by atoms with E-state index >= 15 is 0 Å². The van der Waals surface area contributed by atoms with Crippen molar-refractivity contribution in [2.75, 3.05) is 6.61 Å². The van der Waals surface area contributed by atoms with E-state index in [1.54, 1.807) is 27.7 Å². The third kappa shape index (κ3) is 7.37. The molecule has 2 unspecified atom stereocenters. The number of alkyl halides is 3. The molecule has 33 heavy (non-hydrogen) atoms. The number of benzene rings is 1. The Balaban J connectivity index is 2.30. The number of ether oxygens (including phenoxy) is 4. The number of pyridine rings is 1. The van der Waals surface area contributed by atoms with E-state index in [2.05, 4.69) is 9.72 Å². The van der Waals surface area contributed by atoms with Gasteiger partial charge in [0.1, 0.15) is 23.4 Å². The lowest BCUT2D eigenvalue weighted by molar-refractivity contribution is -0.274. The fourth-order valence-corrected chi connectivity index (χ4v) is 3.23. The zero-order chi connectivity index (χ0) is 24.9. The fraction of sp³-hybridized carbons (Fsp3) is 0.435. The van der Waals surface area contributed by atoms with Crippen molar-refractivity contribution >= 4 is 11.9 Å². The molecule has 1 aromatic heterocycles. The van der Waals surface area contributed by atoms with Gasteiger partial charge in [-0.15, -0.1) is 13.2 Å². The summed E-state index contributed by atoms with van der Waals surface area (Å²) < 4.78 is 57.5. The molecule has 0 aliphatic rings. The molecule has 1 aromatic carbocycles. The summed E-state index contributed by atoms with van der Waals surface area (Å²) >= 11 is 0. The number of aryl methyl sites for hydroxylation is 2. The highest BCUT2D eigenvalue weighted by Crippen LogP contribution is 2.38. The molecule has 0 saturated heterocycles. The van der Waals surface area contributed by atoms with Crippen LogP contribution in [0, 0.1) is 26.7 Å². The van der Waals surface area contributed by atoms with Crippen LogP contribution in [0.1, 0.15) is 49.4 Å². The van der Waals surface area contributed by atoms with Crippen LogP contribution in [0.4, 0.5) is 13.2 Å². The Labute approximate surface area is 189 Å². The second kappa shape index (κ2) is 10.5. The number of nitrogens with zero attached hydrogens (tertiary/aromatic N) is 1. The van der Waals surface area contributed by atoms with E-state index in [-0.39, 0.29) is 18.1 Å². The predicted molar refractivity (Wildman–Crippen MR) is 112 cm³/mol. The van der Waals surface area contributed by atoms with Crippen molar-refractivity contribution in [1.82, 2.24) is 4.98 Å². The van der Waals surface area contributed by atoms with Crippen LogP contribution in [0.25, 0.3) is 0 Å². The smallest absolute Gasteiger partial charge is 0.493 e. The second-order valence-corrected chi connectivity index (χ2v) is 7.58. The van der Waals surface area contributed by atoms with Crippen molar-refractivity contribution in [3.05, 3.63) is 46.8 Å². The van der Waals surface area contributed by atoms with E-state index in [1.807, 2.05) is 0 Å². The Bertz CT molecular complexity index is 1000. The quantitative estimate of drug-likeness (QED) is 0.495. The Morgan fingerprint density at radius 1 is 0.970 bits per heavy atom. The van der Waals surface area contributed by atoms with Gasteiger partial charge in [-0.2, -0.15) is 0 Å². The highest BCUT2D eigenvalue weighted by atomic mass is 19.4. The van der Waals surface area contributed by atoms with Gasteiger partial charge in [-0.1, -0.05) is 6.92 Å². The summed E-state index contributed by atoms with van der Waals surface area (Å²) in [6.45, 7) is 9.59. The van der Waals surface area contributed by atoms with Gasteiger partial charge in [0.25, 0.3) is 0 Å². The summed E-state index contributed by atoms with van der Waals surface area (Å²) in [5.41, 5.74) is 2.28. The minimum Gasteiger partial charge on any atom is -0.493 e. The summed E-state index contributed by atoms with van der Waals surface area (Å²) in [6, 6.07) is 4.93. The van der Waals surface area contributed by atoms with Crippen LogP contribution in [0.3, 0.4) is 0 Å². The van der Waals surface area contributed by atoms with E-state index in [9.17, 15) is 22.8 Å². The fourth-order valence-electron chi connectivity index (χ4n) is 3.23.